The van der Waals surface area contributed by atoms with Gasteiger partial charge in [-0.2, -0.15) is 13.2 Å². The van der Waals surface area contributed by atoms with E-state index in [2.05, 4.69) is 10.6 Å². The van der Waals surface area contributed by atoms with Gasteiger partial charge in [0.05, 0.1) is 11.5 Å². The van der Waals surface area contributed by atoms with E-state index < -0.39 is 23.6 Å². The molecule has 0 radical (unpaired) electrons. The number of hydrogen-bond acceptors (Lipinski definition) is 3. The van der Waals surface area contributed by atoms with Crippen molar-refractivity contribution in [2.24, 2.45) is 11.7 Å². The fourth-order valence-electron chi connectivity index (χ4n) is 2.36. The molecular formula is C20H23ClF3N3O2. The van der Waals surface area contributed by atoms with Crippen molar-refractivity contribution >= 4 is 35.6 Å². The molecule has 158 valence electrons. The van der Waals surface area contributed by atoms with E-state index in [1.807, 2.05) is 0 Å². The summed E-state index contributed by atoms with van der Waals surface area (Å²) in [6.07, 6.45) is -4.50. The van der Waals surface area contributed by atoms with E-state index in [0.29, 0.717) is 5.69 Å². The van der Waals surface area contributed by atoms with Crippen molar-refractivity contribution < 1.29 is 22.8 Å². The second-order valence-corrected chi connectivity index (χ2v) is 6.70. The van der Waals surface area contributed by atoms with Crippen LogP contribution in [0.25, 0.3) is 0 Å². The van der Waals surface area contributed by atoms with E-state index >= 15 is 0 Å². The van der Waals surface area contributed by atoms with Crippen LogP contribution in [0.1, 0.15) is 35.3 Å². The smallest absolute Gasteiger partial charge is 0.327 e. The Morgan fingerprint density at radius 3 is 2.28 bits per heavy atom. The number of aryl methyl sites for hydroxylation is 1. The SMILES string of the molecule is Cc1ccc(C(=O)Nc2cccc(C(F)(F)F)c2)cc1NC(=O)C(C)C(C)N.Cl. The van der Waals surface area contributed by atoms with E-state index in [-0.39, 0.29) is 35.6 Å². The summed E-state index contributed by atoms with van der Waals surface area (Å²) >= 11 is 0. The molecule has 2 aromatic carbocycles. The van der Waals surface area contributed by atoms with Gasteiger partial charge in [0.1, 0.15) is 0 Å². The summed E-state index contributed by atoms with van der Waals surface area (Å²) in [7, 11) is 0. The van der Waals surface area contributed by atoms with Gasteiger partial charge in [0.2, 0.25) is 5.91 Å². The van der Waals surface area contributed by atoms with Crippen LogP contribution in [0.3, 0.4) is 0 Å². The van der Waals surface area contributed by atoms with Crippen LogP contribution >= 0.6 is 12.4 Å². The van der Waals surface area contributed by atoms with Crippen molar-refractivity contribution in [3.05, 3.63) is 59.2 Å². The summed E-state index contributed by atoms with van der Waals surface area (Å²) in [5, 5.41) is 5.17. The van der Waals surface area contributed by atoms with Crippen LogP contribution in [0.15, 0.2) is 42.5 Å². The quantitative estimate of drug-likeness (QED) is 0.649. The molecule has 0 heterocycles. The highest BCUT2D eigenvalue weighted by molar-refractivity contribution is 6.05. The standard InChI is InChI=1S/C20H22F3N3O2.ClH/c1-11-7-8-14(9-17(11)26-18(27)12(2)13(3)24)19(28)25-16-6-4-5-15(10-16)20(21,22)23;/h4-10,12-13H,24H2,1-3H3,(H,25,28)(H,26,27);1H. The van der Waals surface area contributed by atoms with Gasteiger partial charge in [-0.25, -0.2) is 0 Å². The summed E-state index contributed by atoms with van der Waals surface area (Å²) in [6, 6.07) is 8.68. The first-order valence-electron chi connectivity index (χ1n) is 8.64. The maximum Gasteiger partial charge on any atom is 0.416 e. The second-order valence-electron chi connectivity index (χ2n) is 6.70. The third-order valence-corrected chi connectivity index (χ3v) is 4.41. The van der Waals surface area contributed by atoms with Gasteiger partial charge < -0.3 is 16.4 Å². The van der Waals surface area contributed by atoms with Gasteiger partial charge in [0.15, 0.2) is 0 Å². The number of nitrogens with one attached hydrogen (secondary N) is 2. The molecule has 9 heteroatoms. The van der Waals surface area contributed by atoms with E-state index in [9.17, 15) is 22.8 Å². The molecule has 29 heavy (non-hydrogen) atoms. The highest BCUT2D eigenvalue weighted by atomic mass is 35.5. The third kappa shape index (κ3) is 6.47. The molecule has 0 aliphatic carbocycles. The Morgan fingerprint density at radius 2 is 1.69 bits per heavy atom. The van der Waals surface area contributed by atoms with Crippen molar-refractivity contribution in [1.29, 1.82) is 0 Å². The first kappa shape index (κ1) is 24.5. The number of carbonyl (C=O) groups is 2. The Bertz CT molecular complexity index is 886. The Kier molecular flexibility index (Phi) is 8.23. The Balaban J connectivity index is 0.00000420. The van der Waals surface area contributed by atoms with Gasteiger partial charge >= 0.3 is 6.18 Å². The summed E-state index contributed by atoms with van der Waals surface area (Å²) in [5.41, 5.74) is 6.28. The molecule has 0 saturated heterocycles. The number of halogens is 4. The van der Waals surface area contributed by atoms with Crippen LogP contribution in [0.4, 0.5) is 24.5 Å². The minimum absolute atomic E-state index is 0. The lowest BCUT2D eigenvalue weighted by Gasteiger charge is -2.17. The van der Waals surface area contributed by atoms with E-state index in [4.69, 9.17) is 5.73 Å². The molecular weight excluding hydrogens is 407 g/mol. The minimum Gasteiger partial charge on any atom is -0.327 e. The molecule has 0 saturated carbocycles. The van der Waals surface area contributed by atoms with Gasteiger partial charge in [-0.15, -0.1) is 12.4 Å². The molecule has 4 N–H and O–H groups in total. The third-order valence-electron chi connectivity index (χ3n) is 4.41. The topological polar surface area (TPSA) is 84.2 Å². The maximum atomic E-state index is 12.8. The van der Waals surface area contributed by atoms with Crippen molar-refractivity contribution in [2.45, 2.75) is 33.0 Å². The van der Waals surface area contributed by atoms with Crippen molar-refractivity contribution in [3.63, 3.8) is 0 Å². The summed E-state index contributed by atoms with van der Waals surface area (Å²) in [5.74, 6) is -1.30. The molecule has 2 unspecified atom stereocenters. The number of anilines is 2. The zero-order valence-corrected chi connectivity index (χ0v) is 16.9. The Hall–Kier alpha value is -2.58. The van der Waals surface area contributed by atoms with Gasteiger partial charge in [-0.05, 0) is 49.7 Å². The molecule has 0 bridgehead atoms. The maximum absolute atomic E-state index is 12.8. The number of benzene rings is 2. The first-order chi connectivity index (χ1) is 13.0. The molecule has 2 rings (SSSR count). The summed E-state index contributed by atoms with van der Waals surface area (Å²) in [6.45, 7) is 5.18. The van der Waals surface area contributed by atoms with Crippen LogP contribution in [0.2, 0.25) is 0 Å². The minimum atomic E-state index is -4.50. The lowest BCUT2D eigenvalue weighted by molar-refractivity contribution is -0.137. The van der Waals surface area contributed by atoms with Gasteiger partial charge in [-0.3, -0.25) is 9.59 Å². The number of hydrogen-bond donors (Lipinski definition) is 3. The van der Waals surface area contributed by atoms with Crippen LogP contribution < -0.4 is 16.4 Å². The average molecular weight is 430 g/mol. The predicted molar refractivity (Wildman–Crippen MR) is 109 cm³/mol. The van der Waals surface area contributed by atoms with Gasteiger partial charge in [-0.1, -0.05) is 19.1 Å². The van der Waals surface area contributed by atoms with Crippen molar-refractivity contribution in [1.82, 2.24) is 0 Å². The largest absolute Gasteiger partial charge is 0.416 e. The molecule has 2 amide bonds. The summed E-state index contributed by atoms with van der Waals surface area (Å²) in [4.78, 5) is 24.7. The number of carbonyl (C=O) groups excluding carboxylic acids is 2. The first-order valence-corrected chi connectivity index (χ1v) is 8.64. The lowest BCUT2D eigenvalue weighted by Crippen LogP contribution is -2.34. The van der Waals surface area contributed by atoms with Crippen molar-refractivity contribution in [2.75, 3.05) is 10.6 Å². The number of alkyl halides is 3. The molecule has 0 aromatic heterocycles. The molecule has 0 fully saturated rings. The molecule has 5 nitrogen and oxygen atoms in total. The van der Waals surface area contributed by atoms with Gasteiger partial charge in [0, 0.05) is 23.0 Å². The molecule has 0 spiro atoms. The Morgan fingerprint density at radius 1 is 1.03 bits per heavy atom. The molecule has 2 atom stereocenters. The van der Waals surface area contributed by atoms with E-state index in [1.54, 1.807) is 26.8 Å². The zero-order valence-electron chi connectivity index (χ0n) is 16.1. The highest BCUT2D eigenvalue weighted by Crippen LogP contribution is 2.30. The van der Waals surface area contributed by atoms with E-state index in [1.165, 1.54) is 24.3 Å². The number of rotatable bonds is 5. The van der Waals surface area contributed by atoms with Crippen molar-refractivity contribution in [3.8, 4) is 0 Å². The van der Waals surface area contributed by atoms with E-state index in [0.717, 1.165) is 17.7 Å². The van der Waals surface area contributed by atoms with Crippen LogP contribution in [0.5, 0.6) is 0 Å². The highest BCUT2D eigenvalue weighted by Gasteiger charge is 2.30. The van der Waals surface area contributed by atoms with Crippen LogP contribution in [-0.4, -0.2) is 17.9 Å². The Labute approximate surface area is 173 Å². The predicted octanol–water partition coefficient (Wildman–Crippen LogP) is 4.61. The molecule has 0 aliphatic heterocycles. The van der Waals surface area contributed by atoms with Crippen LogP contribution in [0, 0.1) is 12.8 Å². The zero-order chi connectivity index (χ0) is 21.1. The number of nitrogens with two attached hydrogens (primary N) is 1. The lowest BCUT2D eigenvalue weighted by atomic mass is 10.0. The summed E-state index contributed by atoms with van der Waals surface area (Å²) < 4.78 is 38.4. The average Bonchev–Trinajstić information content (AvgIpc) is 2.62. The monoisotopic (exact) mass is 429 g/mol. The number of amides is 2. The molecule has 0 aliphatic rings. The second kappa shape index (κ2) is 9.76. The fraction of sp³-hybridized carbons (Fsp3) is 0.300. The normalized spacial score (nSPS) is 13.1. The fourth-order valence-corrected chi connectivity index (χ4v) is 2.36. The van der Waals surface area contributed by atoms with Gasteiger partial charge in [0.25, 0.3) is 5.91 Å². The molecule has 2 aromatic rings. The van der Waals surface area contributed by atoms with Crippen LogP contribution in [-0.2, 0) is 11.0 Å².